The molecule has 2 aliphatic rings. The van der Waals surface area contributed by atoms with E-state index in [1.165, 1.54) is 36.8 Å². The Kier molecular flexibility index (Phi) is 4.73. The molecule has 0 saturated heterocycles. The van der Waals surface area contributed by atoms with Crippen molar-refractivity contribution in [1.29, 1.82) is 0 Å². The van der Waals surface area contributed by atoms with Gasteiger partial charge in [0, 0.05) is 5.56 Å². The van der Waals surface area contributed by atoms with E-state index in [9.17, 15) is 4.79 Å². The second-order valence-corrected chi connectivity index (χ2v) is 10.0. The van der Waals surface area contributed by atoms with Crippen LogP contribution in [0.25, 0.3) is 5.57 Å². The molecule has 1 aromatic carbocycles. The molecule has 4 atom stereocenters. The number of hydrogen-bond acceptors (Lipinski definition) is 1. The van der Waals surface area contributed by atoms with Gasteiger partial charge in [0.1, 0.15) is 6.29 Å². The first-order valence-corrected chi connectivity index (χ1v) is 9.90. The van der Waals surface area contributed by atoms with E-state index < -0.39 is 0 Å². The fraction of sp³-hybridized carbons (Fsp3) is 0.625. The summed E-state index contributed by atoms with van der Waals surface area (Å²) in [7, 11) is 0. The number of allylic oxidation sites excluding steroid dienone is 1. The molecule has 1 nitrogen and oxygen atoms in total. The molecule has 2 saturated carbocycles. The molecule has 0 spiro atoms. The normalized spacial score (nSPS) is 33.3. The van der Waals surface area contributed by atoms with Crippen LogP contribution in [0.2, 0.25) is 0 Å². The minimum absolute atomic E-state index is 0.431. The predicted molar refractivity (Wildman–Crippen MR) is 107 cm³/mol. The smallest absolute Gasteiger partial charge is 0.150 e. The van der Waals surface area contributed by atoms with Crippen LogP contribution in [0.5, 0.6) is 0 Å². The maximum absolute atomic E-state index is 10.9. The van der Waals surface area contributed by atoms with Crippen LogP contribution in [0.4, 0.5) is 0 Å². The first-order chi connectivity index (χ1) is 11.7. The Morgan fingerprint density at radius 2 is 1.52 bits per heavy atom. The fourth-order valence-corrected chi connectivity index (χ4v) is 5.62. The third-order valence-corrected chi connectivity index (χ3v) is 7.59. The van der Waals surface area contributed by atoms with Gasteiger partial charge in [0.2, 0.25) is 0 Å². The minimum Gasteiger partial charge on any atom is -0.298 e. The van der Waals surface area contributed by atoms with Gasteiger partial charge in [-0.05, 0) is 71.3 Å². The van der Waals surface area contributed by atoms with E-state index in [1.807, 2.05) is 12.1 Å². The van der Waals surface area contributed by atoms with E-state index in [0.29, 0.717) is 22.7 Å². The van der Waals surface area contributed by atoms with E-state index in [0.717, 1.165) is 23.7 Å². The summed E-state index contributed by atoms with van der Waals surface area (Å²) in [4.78, 5) is 10.9. The zero-order chi connectivity index (χ0) is 18.4. The van der Waals surface area contributed by atoms with Gasteiger partial charge in [0.15, 0.2) is 0 Å². The van der Waals surface area contributed by atoms with E-state index in [-0.39, 0.29) is 0 Å². The van der Waals surface area contributed by atoms with Gasteiger partial charge in [-0.2, -0.15) is 0 Å². The van der Waals surface area contributed by atoms with Crippen molar-refractivity contribution in [3.8, 4) is 0 Å². The molecule has 2 aliphatic carbocycles. The third-order valence-electron chi connectivity index (χ3n) is 7.59. The highest BCUT2D eigenvalue weighted by atomic mass is 16.1. The van der Waals surface area contributed by atoms with Crippen molar-refractivity contribution in [1.82, 2.24) is 0 Å². The molecule has 25 heavy (non-hydrogen) atoms. The summed E-state index contributed by atoms with van der Waals surface area (Å²) in [5.41, 5.74) is 4.10. The zero-order valence-corrected chi connectivity index (χ0v) is 16.6. The van der Waals surface area contributed by atoms with Crippen LogP contribution in [0, 0.1) is 34.5 Å². The van der Waals surface area contributed by atoms with E-state index in [1.54, 1.807) is 0 Å². The van der Waals surface area contributed by atoms with Crippen LogP contribution < -0.4 is 0 Å². The maximum atomic E-state index is 10.9. The number of aldehydes is 1. The lowest BCUT2D eigenvalue weighted by Crippen LogP contribution is -2.49. The summed E-state index contributed by atoms with van der Waals surface area (Å²) in [6.07, 6.45) is 6.18. The Hall–Kier alpha value is -1.37. The third kappa shape index (κ3) is 3.35. The van der Waals surface area contributed by atoms with Gasteiger partial charge in [-0.15, -0.1) is 0 Å². The van der Waals surface area contributed by atoms with Crippen LogP contribution >= 0.6 is 0 Å². The molecular weight excluding hydrogens is 304 g/mol. The largest absolute Gasteiger partial charge is 0.298 e. The molecule has 0 aromatic heterocycles. The lowest BCUT2D eigenvalue weighted by atomic mass is 9.48. The average Bonchev–Trinajstić information content (AvgIpc) is 2.58. The molecule has 0 amide bonds. The molecular formula is C24H34O. The van der Waals surface area contributed by atoms with Crippen molar-refractivity contribution < 1.29 is 4.79 Å². The summed E-state index contributed by atoms with van der Waals surface area (Å²) in [5, 5.41) is 0. The van der Waals surface area contributed by atoms with Crippen LogP contribution in [0.15, 0.2) is 30.8 Å². The molecule has 2 fully saturated rings. The summed E-state index contributed by atoms with van der Waals surface area (Å²) in [6.45, 7) is 16.8. The Morgan fingerprint density at radius 3 is 2.04 bits per heavy atom. The molecule has 0 heterocycles. The van der Waals surface area contributed by atoms with Gasteiger partial charge in [0.05, 0.1) is 0 Å². The summed E-state index contributed by atoms with van der Waals surface area (Å²) in [5.74, 6) is 2.83. The fourth-order valence-electron chi connectivity index (χ4n) is 5.62. The van der Waals surface area contributed by atoms with Crippen LogP contribution in [0.3, 0.4) is 0 Å². The molecule has 136 valence electrons. The van der Waals surface area contributed by atoms with E-state index in [2.05, 4.69) is 53.3 Å². The van der Waals surface area contributed by atoms with Crippen LogP contribution in [0.1, 0.15) is 76.2 Å². The Bertz CT molecular complexity index is 649. The van der Waals surface area contributed by atoms with Crippen molar-refractivity contribution in [2.45, 2.75) is 60.3 Å². The summed E-state index contributed by atoms with van der Waals surface area (Å²) < 4.78 is 0. The van der Waals surface area contributed by atoms with Gasteiger partial charge in [-0.1, -0.05) is 65.5 Å². The van der Waals surface area contributed by atoms with Gasteiger partial charge in [-0.3, -0.25) is 4.79 Å². The highest BCUT2D eigenvalue weighted by Crippen LogP contribution is 2.60. The quantitative estimate of drug-likeness (QED) is 0.565. The first-order valence-electron chi connectivity index (χ1n) is 9.90. The standard InChI is InChI=1S/C24H34O/c1-16-13-21-22(24(5,6)12-11-23(21,3)4)14-20(16)17(2)19-9-7-18(15-25)8-10-19/h7-10,15-16,20-22H,2,11-14H2,1,3-6H3. The molecule has 1 heteroatoms. The summed E-state index contributed by atoms with van der Waals surface area (Å²) in [6, 6.07) is 7.97. The molecule has 4 unspecified atom stereocenters. The Labute approximate surface area is 153 Å². The van der Waals surface area contributed by atoms with Gasteiger partial charge in [-0.25, -0.2) is 0 Å². The van der Waals surface area contributed by atoms with Crippen molar-refractivity contribution >= 4 is 11.9 Å². The number of carbonyl (C=O) groups is 1. The van der Waals surface area contributed by atoms with E-state index in [4.69, 9.17) is 0 Å². The number of carbonyl (C=O) groups excluding carboxylic acids is 1. The number of rotatable bonds is 3. The molecule has 0 bridgehead atoms. The minimum atomic E-state index is 0.431. The monoisotopic (exact) mass is 338 g/mol. The molecule has 3 rings (SSSR count). The maximum Gasteiger partial charge on any atom is 0.150 e. The van der Waals surface area contributed by atoms with Crippen molar-refractivity contribution in [2.75, 3.05) is 0 Å². The molecule has 0 N–H and O–H groups in total. The highest BCUT2D eigenvalue weighted by molar-refractivity contribution is 5.76. The number of hydrogen-bond donors (Lipinski definition) is 0. The van der Waals surface area contributed by atoms with Crippen molar-refractivity contribution in [2.24, 2.45) is 34.5 Å². The number of benzene rings is 1. The molecule has 1 aromatic rings. The van der Waals surface area contributed by atoms with Gasteiger partial charge in [0.25, 0.3) is 0 Å². The average molecular weight is 339 g/mol. The van der Waals surface area contributed by atoms with Crippen molar-refractivity contribution in [3.05, 3.63) is 42.0 Å². The second kappa shape index (κ2) is 6.41. The first kappa shape index (κ1) is 18.4. The number of fused-ring (bicyclic) bond motifs is 1. The predicted octanol–water partition coefficient (Wildman–Crippen LogP) is 6.64. The Morgan fingerprint density at radius 1 is 1.00 bits per heavy atom. The van der Waals surface area contributed by atoms with Crippen LogP contribution in [-0.4, -0.2) is 6.29 Å². The van der Waals surface area contributed by atoms with Crippen molar-refractivity contribution in [3.63, 3.8) is 0 Å². The zero-order valence-electron chi connectivity index (χ0n) is 16.6. The molecule has 0 radical (unpaired) electrons. The second-order valence-electron chi connectivity index (χ2n) is 10.0. The summed E-state index contributed by atoms with van der Waals surface area (Å²) >= 11 is 0. The lowest BCUT2D eigenvalue weighted by molar-refractivity contribution is -0.0665. The van der Waals surface area contributed by atoms with Gasteiger partial charge < -0.3 is 0 Å². The molecule has 0 aliphatic heterocycles. The topological polar surface area (TPSA) is 17.1 Å². The SMILES string of the molecule is C=C(c1ccc(C=O)cc1)C1CC2C(CC1C)C(C)(C)CCC2(C)C. The van der Waals surface area contributed by atoms with Crippen LogP contribution in [-0.2, 0) is 0 Å². The van der Waals surface area contributed by atoms with E-state index >= 15 is 0 Å². The lowest BCUT2D eigenvalue weighted by Gasteiger charge is -2.57. The van der Waals surface area contributed by atoms with Gasteiger partial charge >= 0.3 is 0 Å². The Balaban J connectivity index is 1.85. The highest BCUT2D eigenvalue weighted by Gasteiger charge is 2.51.